The van der Waals surface area contributed by atoms with Gasteiger partial charge in [0, 0.05) is 18.2 Å². The molecule has 0 bridgehead atoms. The van der Waals surface area contributed by atoms with Gasteiger partial charge in [-0.1, -0.05) is 22.0 Å². The van der Waals surface area contributed by atoms with E-state index in [0.717, 1.165) is 20.6 Å². The van der Waals surface area contributed by atoms with E-state index in [0.29, 0.717) is 0 Å². The Kier molecular flexibility index (Phi) is 4.41. The number of rotatable bonds is 3. The van der Waals surface area contributed by atoms with E-state index >= 15 is 0 Å². The van der Waals surface area contributed by atoms with E-state index in [1.54, 1.807) is 0 Å². The highest BCUT2D eigenvalue weighted by atomic mass is 32.2. The van der Waals surface area contributed by atoms with Crippen molar-refractivity contribution in [3.05, 3.63) is 24.3 Å². The number of carbonyl (C=O) groups excluding carboxylic acids is 1. The molecule has 0 aliphatic heterocycles. The summed E-state index contributed by atoms with van der Waals surface area (Å²) in [5.74, 6) is -0.0865. The highest BCUT2D eigenvalue weighted by molar-refractivity contribution is 8.14. The van der Waals surface area contributed by atoms with Crippen LogP contribution < -0.4 is 10.5 Å². The molecular weight excluding hydrogens is 280 g/mol. The van der Waals surface area contributed by atoms with Crippen LogP contribution in [0.15, 0.2) is 28.6 Å². The van der Waals surface area contributed by atoms with Crippen molar-refractivity contribution in [1.82, 2.24) is 10.2 Å². The number of aromatic nitrogens is 2. The zero-order valence-electron chi connectivity index (χ0n) is 10.6. The van der Waals surface area contributed by atoms with E-state index in [1.165, 1.54) is 18.3 Å². The van der Waals surface area contributed by atoms with Crippen LogP contribution in [-0.2, 0) is 4.79 Å². The highest BCUT2D eigenvalue weighted by Crippen LogP contribution is 2.30. The molecule has 5 nitrogen and oxygen atoms in total. The van der Waals surface area contributed by atoms with Gasteiger partial charge in [-0.3, -0.25) is 9.93 Å². The first-order valence-corrected chi connectivity index (χ1v) is 7.75. The van der Waals surface area contributed by atoms with Crippen molar-refractivity contribution in [1.29, 1.82) is 0 Å². The Labute approximate surface area is 117 Å². The first-order valence-electron chi connectivity index (χ1n) is 5.58. The molecule has 0 radical (unpaired) electrons. The Morgan fingerprint density at radius 1 is 1.37 bits per heavy atom. The van der Waals surface area contributed by atoms with Crippen LogP contribution in [0.4, 0.5) is 5.69 Å². The summed E-state index contributed by atoms with van der Waals surface area (Å²) in [6.45, 7) is 3.39. The Balaban J connectivity index is 2.22. The number of benzene rings is 1. The van der Waals surface area contributed by atoms with Crippen LogP contribution in [0.1, 0.15) is 13.8 Å². The third-order valence-electron chi connectivity index (χ3n) is 2.31. The zero-order valence-corrected chi connectivity index (χ0v) is 12.2. The fraction of sp³-hybridized carbons (Fsp3) is 0.167. The number of nitrogens with two attached hydrogens (primary N) is 1. The van der Waals surface area contributed by atoms with Gasteiger partial charge in [0.25, 0.3) is 0 Å². The number of hydrogen-bond acceptors (Lipinski definition) is 5. The molecule has 0 saturated heterocycles. The largest absolute Gasteiger partial charge is 0.326 e. The molecule has 3 N–H and O–H groups in total. The third-order valence-corrected chi connectivity index (χ3v) is 4.90. The molecule has 0 aliphatic carbocycles. The van der Waals surface area contributed by atoms with Gasteiger partial charge in [-0.2, -0.15) is 0 Å². The average Bonchev–Trinajstić information content (AvgIpc) is 2.87. The molecular formula is C12H14N4OS2. The lowest BCUT2D eigenvalue weighted by Crippen LogP contribution is -2.05. The molecule has 2 rings (SSSR count). The third kappa shape index (κ3) is 3.46. The summed E-state index contributed by atoms with van der Waals surface area (Å²) >= 11 is 1.48. The SMILES string of the molecule is C/C=S(/N)c1nnc(-c2ccc(NC(C)=O)cc2)s1. The second-order valence-corrected chi connectivity index (χ2v) is 6.58. The van der Waals surface area contributed by atoms with Crippen LogP contribution >= 0.6 is 22.0 Å². The van der Waals surface area contributed by atoms with Gasteiger partial charge in [0.05, 0.1) is 0 Å². The van der Waals surface area contributed by atoms with Crippen molar-refractivity contribution >= 4 is 39.0 Å². The van der Waals surface area contributed by atoms with E-state index in [-0.39, 0.29) is 5.91 Å². The summed E-state index contributed by atoms with van der Waals surface area (Å²) in [5.41, 5.74) is 1.73. The summed E-state index contributed by atoms with van der Waals surface area (Å²) < 4.78 is 0.823. The van der Waals surface area contributed by atoms with Crippen molar-refractivity contribution in [3.8, 4) is 10.6 Å². The minimum absolute atomic E-state index is 0.0865. The highest BCUT2D eigenvalue weighted by Gasteiger charge is 2.07. The van der Waals surface area contributed by atoms with Crippen LogP contribution in [0.25, 0.3) is 10.6 Å². The van der Waals surface area contributed by atoms with Crippen LogP contribution in [0.3, 0.4) is 0 Å². The van der Waals surface area contributed by atoms with Gasteiger partial charge in [-0.05, 0) is 36.6 Å². The molecule has 1 aromatic heterocycles. The lowest BCUT2D eigenvalue weighted by molar-refractivity contribution is -0.114. The fourth-order valence-corrected chi connectivity index (χ4v) is 3.25. The number of carbonyl (C=O) groups is 1. The molecule has 1 atom stereocenters. The van der Waals surface area contributed by atoms with E-state index in [2.05, 4.69) is 15.5 Å². The van der Waals surface area contributed by atoms with Crippen LogP contribution in [0, 0.1) is 0 Å². The van der Waals surface area contributed by atoms with Crippen LogP contribution in [0.2, 0.25) is 0 Å². The van der Waals surface area contributed by atoms with Crippen molar-refractivity contribution in [3.63, 3.8) is 0 Å². The predicted octanol–water partition coefficient (Wildman–Crippen LogP) is 2.49. The summed E-state index contributed by atoms with van der Waals surface area (Å²) in [6, 6.07) is 7.48. The molecule has 1 heterocycles. The van der Waals surface area contributed by atoms with Crippen molar-refractivity contribution in [2.45, 2.75) is 18.2 Å². The molecule has 0 aliphatic rings. The van der Waals surface area contributed by atoms with Gasteiger partial charge < -0.3 is 5.32 Å². The van der Waals surface area contributed by atoms with Crippen LogP contribution in [0.5, 0.6) is 0 Å². The molecule has 0 fully saturated rings. The maximum atomic E-state index is 10.9. The lowest BCUT2D eigenvalue weighted by atomic mass is 10.2. The second-order valence-electron chi connectivity index (χ2n) is 3.74. The van der Waals surface area contributed by atoms with E-state index < -0.39 is 10.7 Å². The van der Waals surface area contributed by atoms with Gasteiger partial charge in [-0.15, -0.1) is 10.2 Å². The molecule has 2 aromatic rings. The number of hydrogen-bond donors (Lipinski definition) is 2. The molecule has 1 unspecified atom stereocenters. The molecule has 1 amide bonds. The molecule has 1 aromatic carbocycles. The number of amides is 1. The molecule has 0 saturated carbocycles. The minimum atomic E-state index is -0.443. The number of nitrogens with one attached hydrogen (secondary N) is 1. The predicted molar refractivity (Wildman–Crippen MR) is 81.4 cm³/mol. The van der Waals surface area contributed by atoms with Crippen molar-refractivity contribution < 1.29 is 4.79 Å². The zero-order chi connectivity index (χ0) is 13.8. The smallest absolute Gasteiger partial charge is 0.221 e. The maximum Gasteiger partial charge on any atom is 0.221 e. The average molecular weight is 294 g/mol. The van der Waals surface area contributed by atoms with Gasteiger partial charge >= 0.3 is 0 Å². The summed E-state index contributed by atoms with van der Waals surface area (Å²) in [5, 5.41) is 19.6. The molecule has 100 valence electrons. The van der Waals surface area contributed by atoms with E-state index in [9.17, 15) is 4.79 Å². The molecule has 0 spiro atoms. The van der Waals surface area contributed by atoms with E-state index in [1.807, 2.05) is 36.6 Å². The minimum Gasteiger partial charge on any atom is -0.326 e. The summed E-state index contributed by atoms with van der Waals surface area (Å²) in [7, 11) is -0.443. The van der Waals surface area contributed by atoms with Gasteiger partial charge in [0.2, 0.25) is 5.91 Å². The lowest BCUT2D eigenvalue weighted by Gasteiger charge is -2.02. The fourth-order valence-electron chi connectivity index (χ4n) is 1.42. The standard InChI is InChI=1S/C12H14N4OS2/c1-3-19(13)12-16-15-11(18-12)9-4-6-10(7-5-9)14-8(2)17/h3-7H,13H2,1-2H3,(H,14,17). The van der Waals surface area contributed by atoms with Crippen LogP contribution in [-0.4, -0.2) is 21.5 Å². The number of nitrogens with zero attached hydrogens (tertiary/aromatic N) is 2. The Morgan fingerprint density at radius 3 is 2.63 bits per heavy atom. The van der Waals surface area contributed by atoms with Gasteiger partial charge in [0.15, 0.2) is 4.34 Å². The molecule has 7 heteroatoms. The van der Waals surface area contributed by atoms with Crippen molar-refractivity contribution in [2.75, 3.05) is 5.32 Å². The Bertz CT molecular complexity index is 619. The van der Waals surface area contributed by atoms with E-state index in [4.69, 9.17) is 5.14 Å². The van der Waals surface area contributed by atoms with Crippen molar-refractivity contribution in [2.24, 2.45) is 5.14 Å². The topological polar surface area (TPSA) is 80.9 Å². The first kappa shape index (κ1) is 13.9. The second kappa shape index (κ2) is 6.05. The molecule has 19 heavy (non-hydrogen) atoms. The Morgan fingerprint density at radius 2 is 2.05 bits per heavy atom. The first-order chi connectivity index (χ1) is 9.10. The normalized spacial score (nSPS) is 12.4. The maximum absolute atomic E-state index is 10.9. The monoisotopic (exact) mass is 294 g/mol. The number of anilines is 1. The quantitative estimate of drug-likeness (QED) is 0.852. The van der Waals surface area contributed by atoms with Gasteiger partial charge in [-0.25, -0.2) is 0 Å². The summed E-state index contributed by atoms with van der Waals surface area (Å²) in [4.78, 5) is 10.9. The Hall–Kier alpha value is -1.57. The van der Waals surface area contributed by atoms with Gasteiger partial charge in [0.1, 0.15) is 5.01 Å². The summed E-state index contributed by atoms with van der Waals surface area (Å²) in [6.07, 6.45) is 0.